The number of Topliss-reactive ketones (excluding diaryl/α,β-unsaturated/α-hetero) is 1. The minimum absolute atomic E-state index is 0.0188. The number of nitrogens with one attached hydrogen (secondary N) is 1. The number of ketones is 1. The Balaban J connectivity index is 1.33. The van der Waals surface area contributed by atoms with E-state index in [1.54, 1.807) is 24.3 Å². The Morgan fingerprint density at radius 2 is 1.81 bits per heavy atom. The molecule has 6 heteroatoms. The number of carbonyl (C=O) groups is 2. The molecule has 0 radical (unpaired) electrons. The third-order valence-corrected chi connectivity index (χ3v) is 6.27. The van der Waals surface area contributed by atoms with Crippen LogP contribution in [0.15, 0.2) is 48.7 Å². The fraction of sp³-hybridized carbons (Fsp3) is 0.346. The maximum Gasteiger partial charge on any atom is 0.224 e. The van der Waals surface area contributed by atoms with Gasteiger partial charge >= 0.3 is 0 Å². The van der Waals surface area contributed by atoms with E-state index in [1.165, 1.54) is 18.4 Å². The number of aryl methyl sites for hydroxylation is 1. The zero-order valence-electron chi connectivity index (χ0n) is 18.4. The van der Waals surface area contributed by atoms with Crippen molar-refractivity contribution in [3.05, 3.63) is 70.4 Å². The number of anilines is 1. The average molecular weight is 450 g/mol. The predicted molar refractivity (Wildman–Crippen MR) is 129 cm³/mol. The van der Waals surface area contributed by atoms with Gasteiger partial charge in [-0.2, -0.15) is 0 Å². The Kier molecular flexibility index (Phi) is 7.18. The molecule has 2 aromatic carbocycles. The highest BCUT2D eigenvalue weighted by Crippen LogP contribution is 2.25. The van der Waals surface area contributed by atoms with Crippen molar-refractivity contribution in [3.63, 3.8) is 0 Å². The summed E-state index contributed by atoms with van der Waals surface area (Å²) in [6, 6.07) is 13.0. The normalized spacial score (nSPS) is 14.1. The summed E-state index contributed by atoms with van der Waals surface area (Å²) in [7, 11) is 0. The van der Waals surface area contributed by atoms with Crippen molar-refractivity contribution in [2.75, 3.05) is 18.4 Å². The Morgan fingerprint density at radius 3 is 2.56 bits per heavy atom. The quantitative estimate of drug-likeness (QED) is 0.442. The molecule has 1 aliphatic heterocycles. The van der Waals surface area contributed by atoms with Gasteiger partial charge in [0, 0.05) is 47.2 Å². The largest absolute Gasteiger partial charge is 0.326 e. The highest BCUT2D eigenvalue weighted by atomic mass is 35.5. The number of likely N-dealkylation sites (tertiary alicyclic amines) is 1. The number of hydrogen-bond acceptors (Lipinski definition) is 4. The number of aromatic nitrogens is 1. The third-order valence-electron chi connectivity index (χ3n) is 6.02. The number of nitrogens with zero attached hydrogens (tertiary/aromatic N) is 2. The number of halogens is 1. The molecular formula is C26H28ClN3O2. The van der Waals surface area contributed by atoms with E-state index in [-0.39, 0.29) is 11.7 Å². The fourth-order valence-corrected chi connectivity index (χ4v) is 4.34. The second kappa shape index (κ2) is 10.2. The minimum atomic E-state index is -0.0954. The Hall–Kier alpha value is -2.76. The number of benzene rings is 2. The van der Waals surface area contributed by atoms with E-state index in [1.807, 2.05) is 25.3 Å². The van der Waals surface area contributed by atoms with Gasteiger partial charge in [-0.25, -0.2) is 0 Å². The van der Waals surface area contributed by atoms with Crippen molar-refractivity contribution in [1.82, 2.24) is 9.88 Å². The summed E-state index contributed by atoms with van der Waals surface area (Å²) in [6.45, 7) is 5.24. The van der Waals surface area contributed by atoms with Gasteiger partial charge in [0.2, 0.25) is 5.91 Å². The van der Waals surface area contributed by atoms with Gasteiger partial charge in [0.1, 0.15) is 0 Å². The first-order valence-electron chi connectivity index (χ1n) is 11.2. The van der Waals surface area contributed by atoms with E-state index in [4.69, 9.17) is 11.6 Å². The molecule has 1 aliphatic rings. The Bertz CT molecular complexity index is 1120. The van der Waals surface area contributed by atoms with Crippen LogP contribution in [0.25, 0.3) is 10.9 Å². The van der Waals surface area contributed by atoms with Crippen LogP contribution in [0, 0.1) is 6.92 Å². The lowest BCUT2D eigenvalue weighted by Crippen LogP contribution is -2.18. The predicted octanol–water partition coefficient (Wildman–Crippen LogP) is 5.78. The molecule has 5 nitrogen and oxygen atoms in total. The summed E-state index contributed by atoms with van der Waals surface area (Å²) in [4.78, 5) is 31.8. The van der Waals surface area contributed by atoms with Crippen molar-refractivity contribution in [1.29, 1.82) is 0 Å². The molecule has 166 valence electrons. The SMILES string of the molecule is Cc1c(NC(=O)CCCC(=O)c2ccc(Cl)cc2)ccc2cc(CN3CCCC3)cnc12. The van der Waals surface area contributed by atoms with Crippen LogP contribution >= 0.6 is 11.6 Å². The molecule has 32 heavy (non-hydrogen) atoms. The molecule has 2 heterocycles. The summed E-state index contributed by atoms with van der Waals surface area (Å²) < 4.78 is 0. The summed E-state index contributed by atoms with van der Waals surface area (Å²) in [5.41, 5.74) is 4.48. The molecule has 1 saturated heterocycles. The van der Waals surface area contributed by atoms with Crippen molar-refractivity contribution < 1.29 is 9.59 Å². The molecule has 0 atom stereocenters. The topological polar surface area (TPSA) is 62.3 Å². The first-order chi connectivity index (χ1) is 15.5. The van der Waals surface area contributed by atoms with Crippen molar-refractivity contribution in [2.24, 2.45) is 0 Å². The van der Waals surface area contributed by atoms with Crippen LogP contribution in [0.3, 0.4) is 0 Å². The summed E-state index contributed by atoms with van der Waals surface area (Å²) in [5.74, 6) is -0.0766. The molecular weight excluding hydrogens is 422 g/mol. The van der Waals surface area contributed by atoms with Crippen molar-refractivity contribution in [2.45, 2.75) is 45.6 Å². The van der Waals surface area contributed by atoms with E-state index in [0.29, 0.717) is 29.8 Å². The molecule has 1 aromatic heterocycles. The van der Waals surface area contributed by atoms with Crippen LogP contribution in [0.1, 0.15) is 53.6 Å². The molecule has 0 unspecified atom stereocenters. The number of carbonyl (C=O) groups excluding carboxylic acids is 2. The van der Waals surface area contributed by atoms with Crippen LogP contribution < -0.4 is 5.32 Å². The third kappa shape index (κ3) is 5.53. The maximum atomic E-state index is 12.4. The highest BCUT2D eigenvalue weighted by Gasteiger charge is 2.14. The van der Waals surface area contributed by atoms with Crippen LogP contribution in [0.2, 0.25) is 5.02 Å². The summed E-state index contributed by atoms with van der Waals surface area (Å²) >= 11 is 5.86. The molecule has 0 bridgehead atoms. The van der Waals surface area contributed by atoms with Crippen molar-refractivity contribution in [3.8, 4) is 0 Å². The fourth-order valence-electron chi connectivity index (χ4n) is 4.22. The summed E-state index contributed by atoms with van der Waals surface area (Å²) in [6.07, 6.45) is 5.61. The van der Waals surface area contributed by atoms with Crippen LogP contribution in [-0.2, 0) is 11.3 Å². The lowest BCUT2D eigenvalue weighted by Gasteiger charge is -2.15. The van der Waals surface area contributed by atoms with Gasteiger partial charge in [0.05, 0.1) is 5.52 Å². The molecule has 3 aromatic rings. The number of amides is 1. The van der Waals surface area contributed by atoms with Gasteiger partial charge < -0.3 is 5.32 Å². The second-order valence-electron chi connectivity index (χ2n) is 8.47. The standard InChI is InChI=1S/C26H28ClN3O2/c1-18-23(29-25(32)6-4-5-24(31)20-7-10-22(27)11-8-20)12-9-21-15-19(16-28-26(18)21)17-30-13-2-3-14-30/h7-12,15-16H,2-6,13-14,17H2,1H3,(H,29,32). The molecule has 1 fully saturated rings. The van der Waals surface area contributed by atoms with Gasteiger partial charge in [0.25, 0.3) is 0 Å². The van der Waals surface area contributed by atoms with Gasteiger partial charge in [-0.15, -0.1) is 0 Å². The average Bonchev–Trinajstić information content (AvgIpc) is 3.29. The first kappa shape index (κ1) is 22.4. The lowest BCUT2D eigenvalue weighted by atomic mass is 10.0. The smallest absolute Gasteiger partial charge is 0.224 e. The van der Waals surface area contributed by atoms with Crippen LogP contribution in [-0.4, -0.2) is 34.7 Å². The zero-order valence-corrected chi connectivity index (χ0v) is 19.1. The van der Waals surface area contributed by atoms with E-state index < -0.39 is 0 Å². The summed E-state index contributed by atoms with van der Waals surface area (Å²) in [5, 5.41) is 4.67. The van der Waals surface area contributed by atoms with E-state index in [2.05, 4.69) is 21.3 Å². The Morgan fingerprint density at radius 1 is 1.06 bits per heavy atom. The number of hydrogen-bond donors (Lipinski definition) is 1. The number of pyridine rings is 1. The monoisotopic (exact) mass is 449 g/mol. The molecule has 4 rings (SSSR count). The molecule has 0 aliphatic carbocycles. The van der Waals surface area contributed by atoms with Gasteiger partial charge in [0.15, 0.2) is 5.78 Å². The molecule has 0 saturated carbocycles. The maximum absolute atomic E-state index is 12.4. The van der Waals surface area contributed by atoms with E-state index >= 15 is 0 Å². The lowest BCUT2D eigenvalue weighted by molar-refractivity contribution is -0.116. The van der Waals surface area contributed by atoms with Gasteiger partial charge in [-0.1, -0.05) is 17.7 Å². The minimum Gasteiger partial charge on any atom is -0.326 e. The van der Waals surface area contributed by atoms with Crippen molar-refractivity contribution >= 4 is 39.9 Å². The van der Waals surface area contributed by atoms with E-state index in [9.17, 15) is 9.59 Å². The number of fused-ring (bicyclic) bond motifs is 1. The van der Waals surface area contributed by atoms with Crippen LogP contribution in [0.5, 0.6) is 0 Å². The number of rotatable bonds is 8. The molecule has 0 spiro atoms. The van der Waals surface area contributed by atoms with Gasteiger partial charge in [-0.05, 0) is 86.8 Å². The first-order valence-corrected chi connectivity index (χ1v) is 11.6. The second-order valence-corrected chi connectivity index (χ2v) is 8.90. The highest BCUT2D eigenvalue weighted by molar-refractivity contribution is 6.30. The zero-order chi connectivity index (χ0) is 22.5. The van der Waals surface area contributed by atoms with E-state index in [0.717, 1.165) is 41.8 Å². The molecule has 1 amide bonds. The Labute approximate surface area is 193 Å². The molecule has 1 N–H and O–H groups in total. The van der Waals surface area contributed by atoms with Crippen LogP contribution in [0.4, 0.5) is 5.69 Å². The van der Waals surface area contributed by atoms with Gasteiger partial charge in [-0.3, -0.25) is 19.5 Å².